The smallest absolute Gasteiger partial charge is 0.356 e. The molecule has 1 heterocycles. The van der Waals surface area contributed by atoms with Crippen molar-refractivity contribution in [2.75, 3.05) is 26.9 Å². The van der Waals surface area contributed by atoms with Gasteiger partial charge in [-0.05, 0) is 37.3 Å². The van der Waals surface area contributed by atoms with Crippen molar-refractivity contribution in [2.45, 2.75) is 84.5 Å². The summed E-state index contributed by atoms with van der Waals surface area (Å²) in [6, 6.07) is 4.75. The molecule has 0 radical (unpaired) electrons. The van der Waals surface area contributed by atoms with E-state index >= 15 is 0 Å². The molecule has 0 spiro atoms. The van der Waals surface area contributed by atoms with Gasteiger partial charge in [0.05, 0.1) is 13.2 Å². The Hall–Kier alpha value is -1.95. The van der Waals surface area contributed by atoms with E-state index in [2.05, 4.69) is 18.8 Å². The minimum atomic E-state index is -0.505. The summed E-state index contributed by atoms with van der Waals surface area (Å²) in [5, 5.41) is 0. The first kappa shape index (κ1) is 27.1. The molecule has 31 heavy (non-hydrogen) atoms. The summed E-state index contributed by atoms with van der Waals surface area (Å²) < 4.78 is 15.9. The van der Waals surface area contributed by atoms with Crippen LogP contribution in [-0.2, 0) is 14.2 Å². The molecule has 1 unspecified atom stereocenters. The second-order valence-corrected chi connectivity index (χ2v) is 8.03. The van der Waals surface area contributed by atoms with Crippen LogP contribution in [0.3, 0.4) is 0 Å². The van der Waals surface area contributed by atoms with E-state index in [9.17, 15) is 9.59 Å². The molecule has 1 rings (SSSR count). The van der Waals surface area contributed by atoms with Crippen molar-refractivity contribution in [2.24, 2.45) is 5.92 Å². The monoisotopic (exact) mass is 435 g/mol. The van der Waals surface area contributed by atoms with Gasteiger partial charge in [0.25, 0.3) is 0 Å². The van der Waals surface area contributed by atoms with Gasteiger partial charge in [0, 0.05) is 13.7 Å². The summed E-state index contributed by atoms with van der Waals surface area (Å²) in [7, 11) is 1.71. The van der Waals surface area contributed by atoms with Crippen molar-refractivity contribution in [3.05, 3.63) is 29.6 Å². The zero-order chi connectivity index (χ0) is 22.7. The molecule has 1 aromatic heterocycles. The molecule has 0 saturated heterocycles. The summed E-state index contributed by atoms with van der Waals surface area (Å²) in [6.45, 7) is 5.77. The molecular weight excluding hydrogens is 394 g/mol. The zero-order valence-corrected chi connectivity index (χ0v) is 19.7. The predicted molar refractivity (Wildman–Crippen MR) is 122 cm³/mol. The zero-order valence-electron chi connectivity index (χ0n) is 19.7. The molecule has 0 amide bonds. The molecule has 1 aromatic rings. The van der Waals surface area contributed by atoms with Crippen molar-refractivity contribution >= 4 is 11.9 Å². The molecule has 6 nitrogen and oxygen atoms in total. The van der Waals surface area contributed by atoms with Gasteiger partial charge in [0.2, 0.25) is 0 Å². The van der Waals surface area contributed by atoms with E-state index in [1.807, 2.05) is 0 Å². The number of carbonyl (C=O) groups excluding carboxylic acids is 2. The van der Waals surface area contributed by atoms with E-state index in [1.54, 1.807) is 25.3 Å². The highest BCUT2D eigenvalue weighted by atomic mass is 16.5. The maximum Gasteiger partial charge on any atom is 0.356 e. The Morgan fingerprint density at radius 3 is 1.97 bits per heavy atom. The average molecular weight is 436 g/mol. The maximum absolute atomic E-state index is 12.4. The normalized spacial score (nSPS) is 11.8. The highest BCUT2D eigenvalue weighted by Gasteiger charge is 2.16. The van der Waals surface area contributed by atoms with Gasteiger partial charge in [-0.2, -0.15) is 0 Å². The van der Waals surface area contributed by atoms with Gasteiger partial charge in [-0.1, -0.05) is 71.3 Å². The van der Waals surface area contributed by atoms with Crippen LogP contribution in [0.2, 0.25) is 0 Å². The highest BCUT2D eigenvalue weighted by Crippen LogP contribution is 2.19. The first-order chi connectivity index (χ1) is 15.1. The third-order valence-corrected chi connectivity index (χ3v) is 5.35. The highest BCUT2D eigenvalue weighted by molar-refractivity contribution is 5.91. The number of hydrogen-bond acceptors (Lipinski definition) is 6. The fourth-order valence-corrected chi connectivity index (χ4v) is 3.40. The molecule has 0 aliphatic carbocycles. The Morgan fingerprint density at radius 2 is 1.35 bits per heavy atom. The minimum absolute atomic E-state index is 0.136. The molecule has 6 heteroatoms. The van der Waals surface area contributed by atoms with Crippen LogP contribution >= 0.6 is 0 Å². The van der Waals surface area contributed by atoms with Gasteiger partial charge >= 0.3 is 11.9 Å². The van der Waals surface area contributed by atoms with Gasteiger partial charge < -0.3 is 14.2 Å². The summed E-state index contributed by atoms with van der Waals surface area (Å²) in [6.07, 6.45) is 11.9. The quantitative estimate of drug-likeness (QED) is 0.208. The Morgan fingerprint density at radius 1 is 0.774 bits per heavy atom. The molecule has 0 aliphatic heterocycles. The number of hydrogen-bond donors (Lipinski definition) is 0. The summed E-state index contributed by atoms with van der Waals surface area (Å²) >= 11 is 0. The third-order valence-electron chi connectivity index (χ3n) is 5.35. The van der Waals surface area contributed by atoms with Crippen LogP contribution in [0.15, 0.2) is 18.2 Å². The molecule has 0 bridgehead atoms. The second-order valence-electron chi connectivity index (χ2n) is 8.03. The van der Waals surface area contributed by atoms with Crippen molar-refractivity contribution in [1.29, 1.82) is 0 Å². The van der Waals surface area contributed by atoms with E-state index < -0.39 is 11.9 Å². The lowest BCUT2D eigenvalue weighted by atomic mass is 9.95. The largest absolute Gasteiger partial charge is 0.461 e. The average Bonchev–Trinajstić information content (AvgIpc) is 2.79. The van der Waals surface area contributed by atoms with Crippen LogP contribution < -0.4 is 0 Å². The molecule has 0 aliphatic rings. The van der Waals surface area contributed by atoms with Crippen molar-refractivity contribution < 1.29 is 23.8 Å². The van der Waals surface area contributed by atoms with E-state index in [0.717, 1.165) is 51.6 Å². The topological polar surface area (TPSA) is 74.7 Å². The number of methoxy groups -OCH3 is 1. The summed E-state index contributed by atoms with van der Waals surface area (Å²) in [4.78, 5) is 28.7. The number of nitrogens with zero attached hydrogens (tertiary/aromatic N) is 1. The Bertz CT molecular complexity index is 620. The van der Waals surface area contributed by atoms with Gasteiger partial charge in [-0.25, -0.2) is 14.6 Å². The maximum atomic E-state index is 12.4. The van der Waals surface area contributed by atoms with E-state index in [1.165, 1.54) is 25.7 Å². The standard InChI is InChI=1S/C25H41NO5/c1-4-6-8-10-13-21(16-19-29-3)17-20-31-25(28)23-15-12-14-22(26-23)24(27)30-18-11-9-7-5-2/h12,14-15,21H,4-11,13,16-20H2,1-3H3. The number of esters is 2. The Kier molecular flexibility index (Phi) is 15.5. The first-order valence-corrected chi connectivity index (χ1v) is 11.9. The Labute approximate surface area is 188 Å². The van der Waals surface area contributed by atoms with Gasteiger partial charge in [-0.15, -0.1) is 0 Å². The van der Waals surface area contributed by atoms with Crippen LogP contribution in [0.25, 0.3) is 0 Å². The summed E-state index contributed by atoms with van der Waals surface area (Å²) in [5.74, 6) is -0.529. The SMILES string of the molecule is CCCCCCOC(=O)c1cccc(C(=O)OCCC(CCCCCC)CCOC)n1. The lowest BCUT2D eigenvalue weighted by molar-refractivity contribution is 0.0463. The number of rotatable bonds is 18. The number of aromatic nitrogens is 1. The van der Waals surface area contributed by atoms with Crippen LogP contribution in [0.5, 0.6) is 0 Å². The molecule has 0 aromatic carbocycles. The number of ether oxygens (including phenoxy) is 3. The van der Waals surface area contributed by atoms with E-state index in [-0.39, 0.29) is 11.4 Å². The van der Waals surface area contributed by atoms with Crippen LogP contribution in [0.4, 0.5) is 0 Å². The van der Waals surface area contributed by atoms with E-state index in [4.69, 9.17) is 14.2 Å². The van der Waals surface area contributed by atoms with Crippen molar-refractivity contribution in [1.82, 2.24) is 4.98 Å². The second kappa shape index (κ2) is 17.7. The van der Waals surface area contributed by atoms with Crippen molar-refractivity contribution in [3.63, 3.8) is 0 Å². The lowest BCUT2D eigenvalue weighted by Gasteiger charge is -2.16. The third kappa shape index (κ3) is 12.5. The fraction of sp³-hybridized carbons (Fsp3) is 0.720. The van der Waals surface area contributed by atoms with E-state index in [0.29, 0.717) is 19.1 Å². The predicted octanol–water partition coefficient (Wildman–Crippen LogP) is 5.99. The molecule has 1 atom stereocenters. The molecule has 0 saturated carbocycles. The van der Waals surface area contributed by atoms with Crippen LogP contribution in [0, 0.1) is 5.92 Å². The lowest BCUT2D eigenvalue weighted by Crippen LogP contribution is -2.15. The van der Waals surface area contributed by atoms with Gasteiger partial charge in [-0.3, -0.25) is 0 Å². The molecule has 0 fully saturated rings. The minimum Gasteiger partial charge on any atom is -0.461 e. The Balaban J connectivity index is 2.45. The van der Waals surface area contributed by atoms with Crippen molar-refractivity contribution in [3.8, 4) is 0 Å². The van der Waals surface area contributed by atoms with Crippen LogP contribution in [-0.4, -0.2) is 43.9 Å². The molecule has 0 N–H and O–H groups in total. The molecule has 176 valence electrons. The summed E-state index contributed by atoms with van der Waals surface area (Å²) in [5.41, 5.74) is 0.274. The first-order valence-electron chi connectivity index (χ1n) is 11.9. The van der Waals surface area contributed by atoms with Gasteiger partial charge in [0.15, 0.2) is 0 Å². The number of carbonyl (C=O) groups is 2. The van der Waals surface area contributed by atoms with Gasteiger partial charge in [0.1, 0.15) is 11.4 Å². The fourth-order valence-electron chi connectivity index (χ4n) is 3.40. The van der Waals surface area contributed by atoms with Crippen LogP contribution in [0.1, 0.15) is 105 Å². The molecular formula is C25H41NO5. The number of unbranched alkanes of at least 4 members (excludes halogenated alkanes) is 6. The number of pyridine rings is 1.